The molecule has 5 heteroatoms. The third kappa shape index (κ3) is 4.43. The van der Waals surface area contributed by atoms with Crippen LogP contribution in [0.1, 0.15) is 45.4 Å². The molecular formula is C17H32N2O3. The van der Waals surface area contributed by atoms with E-state index in [1.807, 2.05) is 0 Å². The summed E-state index contributed by atoms with van der Waals surface area (Å²) in [6.07, 6.45) is 6.22. The molecule has 2 saturated heterocycles. The standard InChI is InChI=1S/C17H32N2O3/c1-3-13-22-15-5-4-11-19(12-6-15)16(20)17(14-21-2)7-9-18-10-8-17/h15,18H,3-14H2,1-2H3. The van der Waals surface area contributed by atoms with Gasteiger partial charge in [-0.25, -0.2) is 0 Å². The Bertz CT molecular complexity index is 337. The number of likely N-dealkylation sites (tertiary alicyclic amines) is 1. The van der Waals surface area contributed by atoms with Gasteiger partial charge in [-0.05, 0) is 51.6 Å². The lowest BCUT2D eigenvalue weighted by Gasteiger charge is -2.39. The number of ether oxygens (including phenoxy) is 2. The van der Waals surface area contributed by atoms with E-state index in [0.717, 1.165) is 71.3 Å². The zero-order valence-corrected chi connectivity index (χ0v) is 14.2. The molecule has 0 spiro atoms. The van der Waals surface area contributed by atoms with E-state index in [1.54, 1.807) is 7.11 Å². The van der Waals surface area contributed by atoms with Crippen molar-refractivity contribution < 1.29 is 14.3 Å². The van der Waals surface area contributed by atoms with E-state index in [2.05, 4.69) is 17.1 Å². The SMILES string of the molecule is CCCOC1CCCN(C(=O)C2(COC)CCNCC2)CC1. The summed E-state index contributed by atoms with van der Waals surface area (Å²) in [5.41, 5.74) is -0.315. The maximum Gasteiger partial charge on any atom is 0.231 e. The molecule has 2 aliphatic rings. The van der Waals surface area contributed by atoms with Crippen LogP contribution >= 0.6 is 0 Å². The van der Waals surface area contributed by atoms with E-state index < -0.39 is 0 Å². The molecule has 0 aromatic heterocycles. The lowest BCUT2D eigenvalue weighted by Crippen LogP contribution is -2.51. The van der Waals surface area contributed by atoms with Crippen LogP contribution in [-0.4, -0.2) is 63.4 Å². The minimum atomic E-state index is -0.315. The maximum atomic E-state index is 13.1. The van der Waals surface area contributed by atoms with Crippen LogP contribution in [0.4, 0.5) is 0 Å². The fourth-order valence-electron chi connectivity index (χ4n) is 3.66. The van der Waals surface area contributed by atoms with E-state index in [4.69, 9.17) is 9.47 Å². The molecule has 2 fully saturated rings. The average molecular weight is 312 g/mol. The molecule has 0 aliphatic carbocycles. The van der Waals surface area contributed by atoms with Crippen LogP contribution in [0.25, 0.3) is 0 Å². The molecule has 2 aliphatic heterocycles. The molecule has 0 aromatic rings. The largest absolute Gasteiger partial charge is 0.384 e. The first-order valence-corrected chi connectivity index (χ1v) is 8.82. The van der Waals surface area contributed by atoms with Crippen molar-refractivity contribution in [3.63, 3.8) is 0 Å². The summed E-state index contributed by atoms with van der Waals surface area (Å²) in [7, 11) is 1.70. The Kier molecular flexibility index (Phi) is 7.12. The van der Waals surface area contributed by atoms with Gasteiger partial charge in [-0.1, -0.05) is 6.92 Å². The van der Waals surface area contributed by atoms with Gasteiger partial charge in [0.15, 0.2) is 0 Å². The monoisotopic (exact) mass is 312 g/mol. The molecule has 0 saturated carbocycles. The second-order valence-electron chi connectivity index (χ2n) is 6.68. The maximum absolute atomic E-state index is 13.1. The number of carbonyl (C=O) groups excluding carboxylic acids is 1. The summed E-state index contributed by atoms with van der Waals surface area (Å²) in [4.78, 5) is 15.2. The van der Waals surface area contributed by atoms with Crippen molar-refractivity contribution in [2.45, 2.75) is 51.6 Å². The molecule has 1 atom stereocenters. The number of hydrogen-bond acceptors (Lipinski definition) is 4. The lowest BCUT2D eigenvalue weighted by molar-refractivity contribution is -0.147. The summed E-state index contributed by atoms with van der Waals surface area (Å²) in [5.74, 6) is 0.298. The summed E-state index contributed by atoms with van der Waals surface area (Å²) in [6.45, 7) is 7.02. The Labute approximate surface area is 134 Å². The highest BCUT2D eigenvalue weighted by molar-refractivity contribution is 5.83. The Morgan fingerprint density at radius 1 is 1.27 bits per heavy atom. The minimum absolute atomic E-state index is 0.298. The molecule has 1 unspecified atom stereocenters. The molecular weight excluding hydrogens is 280 g/mol. The molecule has 1 N–H and O–H groups in total. The van der Waals surface area contributed by atoms with E-state index in [0.29, 0.717) is 18.6 Å². The zero-order valence-electron chi connectivity index (χ0n) is 14.2. The summed E-state index contributed by atoms with van der Waals surface area (Å²) in [5, 5.41) is 3.35. The Morgan fingerprint density at radius 3 is 2.73 bits per heavy atom. The summed E-state index contributed by atoms with van der Waals surface area (Å²) in [6, 6.07) is 0. The van der Waals surface area contributed by atoms with Crippen molar-refractivity contribution in [2.24, 2.45) is 5.41 Å². The van der Waals surface area contributed by atoms with Gasteiger partial charge >= 0.3 is 0 Å². The molecule has 2 rings (SSSR count). The first-order valence-electron chi connectivity index (χ1n) is 8.82. The highest BCUT2D eigenvalue weighted by atomic mass is 16.5. The van der Waals surface area contributed by atoms with Crippen molar-refractivity contribution in [1.29, 1.82) is 0 Å². The molecule has 22 heavy (non-hydrogen) atoms. The number of nitrogens with one attached hydrogen (secondary N) is 1. The molecule has 128 valence electrons. The van der Waals surface area contributed by atoms with Gasteiger partial charge in [-0.2, -0.15) is 0 Å². The van der Waals surface area contributed by atoms with Crippen molar-refractivity contribution in [3.05, 3.63) is 0 Å². The number of hydrogen-bond donors (Lipinski definition) is 1. The van der Waals surface area contributed by atoms with Crippen LogP contribution in [0.3, 0.4) is 0 Å². The number of rotatable bonds is 6. The van der Waals surface area contributed by atoms with Gasteiger partial charge in [0.05, 0.1) is 18.1 Å². The fourth-order valence-corrected chi connectivity index (χ4v) is 3.66. The minimum Gasteiger partial charge on any atom is -0.384 e. The van der Waals surface area contributed by atoms with Gasteiger partial charge in [0, 0.05) is 26.8 Å². The summed E-state index contributed by atoms with van der Waals surface area (Å²) >= 11 is 0. The van der Waals surface area contributed by atoms with E-state index in [-0.39, 0.29) is 5.41 Å². The zero-order chi connectivity index (χ0) is 15.8. The second-order valence-corrected chi connectivity index (χ2v) is 6.68. The third-order valence-electron chi connectivity index (χ3n) is 4.95. The van der Waals surface area contributed by atoms with Crippen LogP contribution in [0, 0.1) is 5.41 Å². The van der Waals surface area contributed by atoms with Gasteiger partial charge in [-0.15, -0.1) is 0 Å². The molecule has 1 amide bonds. The van der Waals surface area contributed by atoms with Gasteiger partial charge in [0.1, 0.15) is 0 Å². The average Bonchev–Trinajstić information content (AvgIpc) is 2.79. The first kappa shape index (κ1) is 17.7. The van der Waals surface area contributed by atoms with Gasteiger partial charge in [0.2, 0.25) is 5.91 Å². The first-order chi connectivity index (χ1) is 10.7. The Balaban J connectivity index is 1.95. The van der Waals surface area contributed by atoms with Gasteiger partial charge in [-0.3, -0.25) is 4.79 Å². The highest BCUT2D eigenvalue weighted by Crippen LogP contribution is 2.32. The smallest absolute Gasteiger partial charge is 0.231 e. The van der Waals surface area contributed by atoms with E-state index in [9.17, 15) is 4.79 Å². The number of amides is 1. The van der Waals surface area contributed by atoms with Crippen LogP contribution in [0.15, 0.2) is 0 Å². The highest BCUT2D eigenvalue weighted by Gasteiger charge is 2.42. The van der Waals surface area contributed by atoms with Crippen molar-refractivity contribution >= 4 is 5.91 Å². The van der Waals surface area contributed by atoms with Crippen molar-refractivity contribution in [2.75, 3.05) is 46.5 Å². The molecule has 2 heterocycles. The fraction of sp³-hybridized carbons (Fsp3) is 0.941. The Morgan fingerprint density at radius 2 is 2.05 bits per heavy atom. The second kappa shape index (κ2) is 8.85. The number of piperidine rings is 1. The van der Waals surface area contributed by atoms with Crippen LogP contribution in [-0.2, 0) is 14.3 Å². The van der Waals surface area contributed by atoms with Crippen LogP contribution in [0.2, 0.25) is 0 Å². The molecule has 5 nitrogen and oxygen atoms in total. The van der Waals surface area contributed by atoms with Crippen LogP contribution in [0.5, 0.6) is 0 Å². The quantitative estimate of drug-likeness (QED) is 0.813. The third-order valence-corrected chi connectivity index (χ3v) is 4.95. The van der Waals surface area contributed by atoms with E-state index >= 15 is 0 Å². The predicted octanol–water partition coefficient (Wildman–Crippen LogP) is 1.81. The Hall–Kier alpha value is -0.650. The predicted molar refractivity (Wildman–Crippen MR) is 86.9 cm³/mol. The topological polar surface area (TPSA) is 50.8 Å². The number of carbonyl (C=O) groups is 1. The molecule has 0 aromatic carbocycles. The molecule has 0 bridgehead atoms. The van der Waals surface area contributed by atoms with Gasteiger partial charge in [0.25, 0.3) is 0 Å². The normalized spacial score (nSPS) is 25.7. The van der Waals surface area contributed by atoms with Crippen LogP contribution < -0.4 is 5.32 Å². The lowest BCUT2D eigenvalue weighted by atomic mass is 9.78. The van der Waals surface area contributed by atoms with Crippen molar-refractivity contribution in [3.8, 4) is 0 Å². The number of methoxy groups -OCH3 is 1. The van der Waals surface area contributed by atoms with Crippen molar-refractivity contribution in [1.82, 2.24) is 10.2 Å². The van der Waals surface area contributed by atoms with E-state index in [1.165, 1.54) is 0 Å². The summed E-state index contributed by atoms with van der Waals surface area (Å²) < 4.78 is 11.3. The van der Waals surface area contributed by atoms with Gasteiger partial charge < -0.3 is 19.7 Å². The number of nitrogens with zero attached hydrogens (tertiary/aromatic N) is 1. The molecule has 0 radical (unpaired) electrons.